The number of ketones is 1. The van der Waals surface area contributed by atoms with E-state index in [1.165, 1.54) is 6.92 Å². The van der Waals surface area contributed by atoms with Crippen molar-refractivity contribution in [2.45, 2.75) is 31.8 Å². The van der Waals surface area contributed by atoms with Gasteiger partial charge in [0.15, 0.2) is 17.5 Å². The van der Waals surface area contributed by atoms with E-state index in [9.17, 15) is 10.1 Å². The second-order valence-corrected chi connectivity index (χ2v) is 8.94. The minimum atomic E-state index is -1.12. The quantitative estimate of drug-likeness (QED) is 0.299. The molecule has 35 heavy (non-hydrogen) atoms. The monoisotopic (exact) mass is 484 g/mol. The van der Waals surface area contributed by atoms with Crippen LogP contribution in [-0.4, -0.2) is 16.9 Å². The number of halogens is 1. The highest BCUT2D eigenvalue weighted by atomic mass is 35.5. The summed E-state index contributed by atoms with van der Waals surface area (Å²) in [6, 6.07) is 20.2. The van der Waals surface area contributed by atoms with Crippen LogP contribution in [0.2, 0.25) is 5.02 Å². The number of benzene rings is 3. The lowest BCUT2D eigenvalue weighted by Crippen LogP contribution is -2.47. The van der Waals surface area contributed by atoms with Gasteiger partial charge in [-0.1, -0.05) is 48.0 Å². The first-order valence-corrected chi connectivity index (χ1v) is 11.5. The number of allylic oxidation sites excluding steroid dienone is 1. The molecule has 6 nitrogen and oxygen atoms in total. The maximum absolute atomic E-state index is 12.7. The van der Waals surface area contributed by atoms with Crippen LogP contribution in [0.3, 0.4) is 0 Å². The molecule has 7 heteroatoms. The standard InChI is InChI=1S/C28H21ClN2O4/c1-17-14-20(29)15-24-25(17)31-27(35-24)34-22-11-9-21(10-12-22)33-26(18(2)32)28(16-30)13-5-7-19-6-3-4-8-23(19)28/h3-12,14-15,26H,13H2,1-2H3. The van der Waals surface area contributed by atoms with Gasteiger partial charge in [0.1, 0.15) is 22.4 Å². The molecule has 0 radical (unpaired) electrons. The Labute approximate surface area is 207 Å². The smallest absolute Gasteiger partial charge is 0.400 e. The zero-order valence-electron chi connectivity index (χ0n) is 19.1. The Morgan fingerprint density at radius 2 is 1.91 bits per heavy atom. The SMILES string of the molecule is CC(=O)C(Oc1ccc(Oc2nc3c(C)cc(Cl)cc3o2)cc1)C1(C#N)CC=Cc2ccccc21. The van der Waals surface area contributed by atoms with Gasteiger partial charge in [-0.2, -0.15) is 10.2 Å². The molecule has 0 saturated carbocycles. The first kappa shape index (κ1) is 22.7. The molecule has 0 fully saturated rings. The van der Waals surface area contributed by atoms with E-state index in [1.54, 1.807) is 30.3 Å². The molecular formula is C28H21ClN2O4. The molecule has 2 atom stereocenters. The predicted octanol–water partition coefficient (Wildman–Crippen LogP) is 6.80. The zero-order valence-corrected chi connectivity index (χ0v) is 19.9. The summed E-state index contributed by atoms with van der Waals surface area (Å²) < 4.78 is 17.6. The molecule has 0 N–H and O–H groups in total. The maximum Gasteiger partial charge on any atom is 0.400 e. The van der Waals surface area contributed by atoms with Gasteiger partial charge in [0.25, 0.3) is 0 Å². The number of ether oxygens (including phenoxy) is 2. The van der Waals surface area contributed by atoms with Crippen molar-refractivity contribution in [2.24, 2.45) is 0 Å². The molecule has 0 amide bonds. The number of rotatable bonds is 6. The van der Waals surface area contributed by atoms with Crippen molar-refractivity contribution in [3.63, 3.8) is 0 Å². The Balaban J connectivity index is 1.39. The van der Waals surface area contributed by atoms with Gasteiger partial charge in [-0.25, -0.2) is 0 Å². The van der Waals surface area contributed by atoms with E-state index in [-0.39, 0.29) is 11.9 Å². The van der Waals surface area contributed by atoms with Crippen molar-refractivity contribution in [3.8, 4) is 23.6 Å². The van der Waals surface area contributed by atoms with E-state index in [1.807, 2.05) is 49.4 Å². The fraction of sp³-hybridized carbons (Fsp3) is 0.179. The fourth-order valence-corrected chi connectivity index (χ4v) is 4.74. The number of carbonyl (C=O) groups excluding carboxylic acids is 1. The highest BCUT2D eigenvalue weighted by molar-refractivity contribution is 6.31. The second kappa shape index (κ2) is 8.94. The third kappa shape index (κ3) is 4.16. The summed E-state index contributed by atoms with van der Waals surface area (Å²) >= 11 is 6.09. The lowest BCUT2D eigenvalue weighted by molar-refractivity contribution is -0.125. The Morgan fingerprint density at radius 3 is 2.66 bits per heavy atom. The number of aryl methyl sites for hydroxylation is 1. The third-order valence-electron chi connectivity index (χ3n) is 6.11. The molecule has 3 aromatic carbocycles. The van der Waals surface area contributed by atoms with Crippen LogP contribution in [0.15, 0.2) is 71.2 Å². The molecule has 1 aliphatic carbocycles. The first-order chi connectivity index (χ1) is 16.9. The molecule has 4 aromatic rings. The summed E-state index contributed by atoms with van der Waals surface area (Å²) in [5, 5.41) is 10.8. The van der Waals surface area contributed by atoms with Crippen LogP contribution in [0.5, 0.6) is 17.6 Å². The summed E-state index contributed by atoms with van der Waals surface area (Å²) in [6.07, 6.45) is 3.38. The normalized spacial score (nSPS) is 17.4. The van der Waals surface area contributed by atoms with E-state index in [0.29, 0.717) is 34.0 Å². The molecule has 0 bridgehead atoms. The average molecular weight is 485 g/mol. The van der Waals surface area contributed by atoms with Gasteiger partial charge in [-0.3, -0.25) is 4.79 Å². The van der Waals surface area contributed by atoms with Crippen molar-refractivity contribution in [1.82, 2.24) is 4.98 Å². The third-order valence-corrected chi connectivity index (χ3v) is 6.33. The molecule has 1 aliphatic rings. The van der Waals surface area contributed by atoms with E-state index >= 15 is 0 Å². The molecule has 0 spiro atoms. The number of hydrogen-bond acceptors (Lipinski definition) is 6. The Hall–Kier alpha value is -4.08. The van der Waals surface area contributed by atoms with Crippen LogP contribution < -0.4 is 9.47 Å². The van der Waals surface area contributed by atoms with Gasteiger partial charge >= 0.3 is 6.08 Å². The minimum Gasteiger partial charge on any atom is -0.481 e. The number of nitriles is 1. The van der Waals surface area contributed by atoms with Gasteiger partial charge in [0, 0.05) is 11.1 Å². The van der Waals surface area contributed by atoms with Crippen molar-refractivity contribution in [2.75, 3.05) is 0 Å². The summed E-state index contributed by atoms with van der Waals surface area (Å²) in [5.41, 5.74) is 2.68. The molecule has 1 aromatic heterocycles. The van der Waals surface area contributed by atoms with Crippen LogP contribution in [0, 0.1) is 18.3 Å². The first-order valence-electron chi connectivity index (χ1n) is 11.1. The minimum absolute atomic E-state index is 0.0923. The molecule has 5 rings (SSSR count). The van der Waals surface area contributed by atoms with Crippen LogP contribution in [0.4, 0.5) is 0 Å². The number of Topliss-reactive ketones (excluding diaryl/α,β-unsaturated/α-hetero) is 1. The van der Waals surface area contributed by atoms with Gasteiger partial charge in [-0.15, -0.1) is 0 Å². The average Bonchev–Trinajstić information content (AvgIpc) is 3.25. The number of fused-ring (bicyclic) bond motifs is 2. The van der Waals surface area contributed by atoms with Crippen molar-refractivity contribution in [3.05, 3.63) is 88.5 Å². The second-order valence-electron chi connectivity index (χ2n) is 8.51. The molecule has 174 valence electrons. The Morgan fingerprint density at radius 1 is 1.17 bits per heavy atom. The van der Waals surface area contributed by atoms with Gasteiger partial charge < -0.3 is 13.9 Å². The van der Waals surface area contributed by atoms with E-state index in [0.717, 1.165) is 16.7 Å². The van der Waals surface area contributed by atoms with E-state index in [2.05, 4.69) is 11.1 Å². The summed E-state index contributed by atoms with van der Waals surface area (Å²) in [6.45, 7) is 3.34. The van der Waals surface area contributed by atoms with Crippen molar-refractivity contribution >= 4 is 34.6 Å². The van der Waals surface area contributed by atoms with Gasteiger partial charge in [0.05, 0.1) is 6.07 Å². The van der Waals surface area contributed by atoms with Crippen LogP contribution >= 0.6 is 11.6 Å². The molecular weight excluding hydrogens is 464 g/mol. The van der Waals surface area contributed by atoms with E-state index in [4.69, 9.17) is 25.5 Å². The number of nitrogens with zero attached hydrogens (tertiary/aromatic N) is 2. The van der Waals surface area contributed by atoms with Crippen LogP contribution in [-0.2, 0) is 10.2 Å². The summed E-state index contributed by atoms with van der Waals surface area (Å²) in [5.74, 6) is 0.699. The van der Waals surface area contributed by atoms with E-state index < -0.39 is 11.5 Å². The number of aromatic nitrogens is 1. The number of oxazole rings is 1. The predicted molar refractivity (Wildman–Crippen MR) is 133 cm³/mol. The zero-order chi connectivity index (χ0) is 24.6. The van der Waals surface area contributed by atoms with Crippen LogP contribution in [0.25, 0.3) is 17.2 Å². The van der Waals surface area contributed by atoms with Crippen LogP contribution in [0.1, 0.15) is 30.0 Å². The Kier molecular flexibility index (Phi) is 5.80. The number of hydrogen-bond donors (Lipinski definition) is 0. The van der Waals surface area contributed by atoms with Crippen molar-refractivity contribution < 1.29 is 18.7 Å². The summed E-state index contributed by atoms with van der Waals surface area (Å²) in [7, 11) is 0. The number of carbonyl (C=O) groups is 1. The maximum atomic E-state index is 12.7. The van der Waals surface area contributed by atoms with Crippen molar-refractivity contribution in [1.29, 1.82) is 5.26 Å². The fourth-order valence-electron chi connectivity index (χ4n) is 4.47. The molecule has 1 heterocycles. The highest BCUT2D eigenvalue weighted by Crippen LogP contribution is 2.40. The van der Waals surface area contributed by atoms with Gasteiger partial charge in [-0.05, 0) is 67.3 Å². The Bertz CT molecular complexity index is 1500. The molecule has 0 aliphatic heterocycles. The summed E-state index contributed by atoms with van der Waals surface area (Å²) in [4.78, 5) is 17.1. The largest absolute Gasteiger partial charge is 0.481 e. The molecule has 2 unspecified atom stereocenters. The highest BCUT2D eigenvalue weighted by Gasteiger charge is 2.47. The molecule has 0 saturated heterocycles. The topological polar surface area (TPSA) is 85.3 Å². The lowest BCUT2D eigenvalue weighted by Gasteiger charge is -2.36. The van der Waals surface area contributed by atoms with Gasteiger partial charge in [0.2, 0.25) is 0 Å². The lowest BCUT2D eigenvalue weighted by atomic mass is 9.69.